The topological polar surface area (TPSA) is 63.3 Å². The molecule has 0 aromatic carbocycles. The molecule has 10 heavy (non-hydrogen) atoms. The maximum absolute atomic E-state index is 9.57. The minimum absolute atomic E-state index is 0. The van der Waals surface area contributed by atoms with Crippen molar-refractivity contribution in [3.05, 3.63) is 0 Å². The third kappa shape index (κ3) is 23.5. The summed E-state index contributed by atoms with van der Waals surface area (Å²) in [6.07, 6.45) is 0. The summed E-state index contributed by atoms with van der Waals surface area (Å²) in [6.45, 7) is 1.42. The summed E-state index contributed by atoms with van der Waals surface area (Å²) in [6, 6.07) is -0.731. The summed E-state index contributed by atoms with van der Waals surface area (Å²) in [5, 5.41) is 7.87. The third-order valence-electron chi connectivity index (χ3n) is 0.390. The van der Waals surface area contributed by atoms with Gasteiger partial charge in [-0.3, -0.25) is 4.79 Å². The third-order valence-corrected chi connectivity index (χ3v) is 0.390. The van der Waals surface area contributed by atoms with Crippen LogP contribution in [0.25, 0.3) is 0 Å². The number of rotatable bonds is 1. The maximum atomic E-state index is 9.57. The predicted octanol–water partition coefficient (Wildman–Crippen LogP) is 1.11. The molecule has 0 heterocycles. The quantitative estimate of drug-likeness (QED) is 0.715. The summed E-state index contributed by atoms with van der Waals surface area (Å²) in [5.41, 5.74) is 4.84. The zero-order chi connectivity index (χ0) is 5.15. The average molecular weight is 235 g/mol. The fourth-order valence-electron chi connectivity index (χ4n) is 0. The van der Waals surface area contributed by atoms with E-state index in [0.717, 1.165) is 0 Å². The number of hydrogen-bond acceptors (Lipinski definition) is 2. The molecule has 0 aromatic rings. The van der Waals surface area contributed by atoms with Gasteiger partial charge in [-0.1, -0.05) is 0 Å². The first-order valence-electron chi connectivity index (χ1n) is 1.63. The molecule has 3 N–H and O–H groups in total. The van der Waals surface area contributed by atoms with Crippen molar-refractivity contribution in [1.82, 2.24) is 0 Å². The highest BCUT2D eigenvalue weighted by Crippen LogP contribution is 1.68. The Labute approximate surface area is 84.4 Å². The second kappa shape index (κ2) is 16.3. The van der Waals surface area contributed by atoms with Crippen LogP contribution in [0.1, 0.15) is 6.92 Å². The molecule has 0 amide bonds. The second-order valence-corrected chi connectivity index (χ2v) is 1.13. The van der Waals surface area contributed by atoms with Crippen molar-refractivity contribution in [2.75, 3.05) is 0 Å². The molecule has 0 saturated carbocycles. The normalized spacial score (nSPS) is 8.20. The number of halogens is 4. The van der Waals surface area contributed by atoms with Crippen LogP contribution in [0.4, 0.5) is 0 Å². The van der Waals surface area contributed by atoms with Crippen LogP contribution in [0, 0.1) is 0 Å². The van der Waals surface area contributed by atoms with Crippen LogP contribution in [-0.2, 0) is 4.79 Å². The van der Waals surface area contributed by atoms with Gasteiger partial charge in [0, 0.05) is 0 Å². The van der Waals surface area contributed by atoms with Crippen molar-refractivity contribution in [3.8, 4) is 0 Å². The lowest BCUT2D eigenvalue weighted by molar-refractivity contribution is -0.138. The van der Waals surface area contributed by atoms with Gasteiger partial charge in [0.2, 0.25) is 0 Å². The van der Waals surface area contributed by atoms with E-state index in [4.69, 9.17) is 10.8 Å². The minimum atomic E-state index is -0.963. The maximum Gasteiger partial charge on any atom is 0.320 e. The van der Waals surface area contributed by atoms with Crippen LogP contribution < -0.4 is 5.73 Å². The number of carboxylic acid groups (broad SMARTS) is 1. The van der Waals surface area contributed by atoms with E-state index in [1.165, 1.54) is 6.92 Å². The van der Waals surface area contributed by atoms with Gasteiger partial charge in [0.25, 0.3) is 0 Å². The van der Waals surface area contributed by atoms with Crippen LogP contribution in [0.15, 0.2) is 0 Å². The fourth-order valence-corrected chi connectivity index (χ4v) is 0. The first kappa shape index (κ1) is 31.2. The summed E-state index contributed by atoms with van der Waals surface area (Å²) in [5.74, 6) is -0.963. The molecule has 0 bridgehead atoms. The average Bonchev–Trinajstić information content (AvgIpc) is 1.36. The van der Waals surface area contributed by atoms with E-state index in [1.807, 2.05) is 0 Å². The van der Waals surface area contributed by atoms with Crippen molar-refractivity contribution in [2.24, 2.45) is 5.73 Å². The Morgan fingerprint density at radius 3 is 1.40 bits per heavy atom. The van der Waals surface area contributed by atoms with Gasteiger partial charge in [0.05, 0.1) is 0 Å². The molecule has 0 aliphatic heterocycles. The number of nitrogens with two attached hydrogens (primary N) is 1. The van der Waals surface area contributed by atoms with Crippen LogP contribution in [0.3, 0.4) is 0 Å². The van der Waals surface area contributed by atoms with E-state index in [1.54, 1.807) is 0 Å². The lowest BCUT2D eigenvalue weighted by atomic mass is 10.4. The molecule has 0 radical (unpaired) electrons. The molecule has 0 saturated heterocycles. The number of aliphatic carboxylic acids is 1. The molecule has 68 valence electrons. The first-order chi connectivity index (χ1) is 2.64. The van der Waals surface area contributed by atoms with Crippen LogP contribution in [0.5, 0.6) is 0 Å². The zero-order valence-electron chi connectivity index (χ0n) is 5.14. The molecule has 0 spiro atoms. The number of carboxylic acids is 1. The van der Waals surface area contributed by atoms with E-state index in [9.17, 15) is 4.79 Å². The fraction of sp³-hybridized carbons (Fsp3) is 0.667. The molecule has 3 nitrogen and oxygen atoms in total. The highest BCUT2D eigenvalue weighted by Gasteiger charge is 1.99. The largest absolute Gasteiger partial charge is 0.480 e. The Morgan fingerprint density at radius 1 is 1.30 bits per heavy atom. The lowest BCUT2D eigenvalue weighted by Crippen LogP contribution is -2.25. The van der Waals surface area contributed by atoms with Gasteiger partial charge in [-0.15, -0.1) is 49.6 Å². The van der Waals surface area contributed by atoms with Gasteiger partial charge in [-0.25, -0.2) is 0 Å². The monoisotopic (exact) mass is 233 g/mol. The van der Waals surface area contributed by atoms with Crippen LogP contribution in [0.2, 0.25) is 0 Å². The molecule has 0 aromatic heterocycles. The van der Waals surface area contributed by atoms with Gasteiger partial charge in [0.15, 0.2) is 0 Å². The second-order valence-electron chi connectivity index (χ2n) is 1.13. The molecule has 0 aliphatic carbocycles. The van der Waals surface area contributed by atoms with Crippen molar-refractivity contribution in [2.45, 2.75) is 13.0 Å². The molecule has 0 aliphatic rings. The van der Waals surface area contributed by atoms with E-state index >= 15 is 0 Å². The minimum Gasteiger partial charge on any atom is -0.480 e. The van der Waals surface area contributed by atoms with Crippen molar-refractivity contribution in [1.29, 1.82) is 0 Å². The Bertz CT molecular complexity index is 69.5. The molecule has 1 atom stereocenters. The standard InChI is InChI=1S/C3H7NO2.4ClH/c1-2(4)3(5)6;;;;/h2H,4H2,1H3,(H,5,6);4*1H/t2-;;;;/m0..../s1. The summed E-state index contributed by atoms with van der Waals surface area (Å²) >= 11 is 0. The Kier molecular flexibility index (Phi) is 50.8. The van der Waals surface area contributed by atoms with E-state index in [2.05, 4.69) is 0 Å². The van der Waals surface area contributed by atoms with Gasteiger partial charge >= 0.3 is 5.97 Å². The molecular formula is C3H11Cl4NO2. The van der Waals surface area contributed by atoms with E-state index < -0.39 is 12.0 Å². The first-order valence-corrected chi connectivity index (χ1v) is 1.63. The van der Waals surface area contributed by atoms with Crippen LogP contribution in [-0.4, -0.2) is 17.1 Å². The smallest absolute Gasteiger partial charge is 0.320 e. The highest BCUT2D eigenvalue weighted by molar-refractivity contribution is 5.86. The van der Waals surface area contributed by atoms with E-state index in [-0.39, 0.29) is 49.6 Å². The van der Waals surface area contributed by atoms with Crippen molar-refractivity contribution >= 4 is 55.6 Å². The number of hydrogen-bond donors (Lipinski definition) is 2. The van der Waals surface area contributed by atoms with Crippen molar-refractivity contribution in [3.63, 3.8) is 0 Å². The molecule has 7 heteroatoms. The van der Waals surface area contributed by atoms with Crippen molar-refractivity contribution < 1.29 is 9.90 Å². The summed E-state index contributed by atoms with van der Waals surface area (Å²) in [4.78, 5) is 9.57. The molecule has 0 unspecified atom stereocenters. The zero-order valence-corrected chi connectivity index (χ0v) is 8.41. The Balaban J connectivity index is -0.0000000208. The van der Waals surface area contributed by atoms with Gasteiger partial charge < -0.3 is 10.8 Å². The number of carbonyl (C=O) groups is 1. The predicted molar refractivity (Wildman–Crippen MR) is 50.3 cm³/mol. The van der Waals surface area contributed by atoms with Gasteiger partial charge in [-0.2, -0.15) is 0 Å². The Morgan fingerprint density at radius 2 is 1.40 bits per heavy atom. The summed E-state index contributed by atoms with van der Waals surface area (Å²) < 4.78 is 0. The SMILES string of the molecule is C[C@H](N)C(=O)O.Cl.Cl.Cl.Cl. The molecule has 0 rings (SSSR count). The lowest BCUT2D eigenvalue weighted by Gasteiger charge is -1.90. The van der Waals surface area contributed by atoms with Crippen LogP contribution >= 0.6 is 49.6 Å². The van der Waals surface area contributed by atoms with E-state index in [0.29, 0.717) is 0 Å². The molecular weight excluding hydrogens is 224 g/mol. The highest BCUT2D eigenvalue weighted by atomic mass is 35.5. The Hall–Kier alpha value is 0.590. The molecule has 0 fully saturated rings. The van der Waals surface area contributed by atoms with Gasteiger partial charge in [0.1, 0.15) is 6.04 Å². The van der Waals surface area contributed by atoms with Gasteiger partial charge in [-0.05, 0) is 6.92 Å². The summed E-state index contributed by atoms with van der Waals surface area (Å²) in [7, 11) is 0.